The fourth-order valence-electron chi connectivity index (χ4n) is 1.94. The van der Waals surface area contributed by atoms with Gasteiger partial charge < -0.3 is 15.2 Å². The van der Waals surface area contributed by atoms with E-state index in [0.717, 1.165) is 11.1 Å². The molecule has 0 spiro atoms. The average molecular weight is 265 g/mol. The molecule has 1 unspecified atom stereocenters. The number of hydrogen-bond acceptors (Lipinski definition) is 3. The van der Waals surface area contributed by atoms with Gasteiger partial charge in [0, 0.05) is 12.5 Å². The van der Waals surface area contributed by atoms with Gasteiger partial charge in [-0.1, -0.05) is 26.8 Å². The summed E-state index contributed by atoms with van der Waals surface area (Å²) in [5, 5.41) is 12.2. The Morgan fingerprint density at radius 2 is 2.05 bits per heavy atom. The van der Waals surface area contributed by atoms with Crippen LogP contribution in [0.2, 0.25) is 0 Å². The van der Waals surface area contributed by atoms with Gasteiger partial charge in [-0.3, -0.25) is 4.79 Å². The number of aliphatic hydroxyl groups is 1. The largest absolute Gasteiger partial charge is 0.496 e. The Kier molecular flexibility index (Phi) is 4.95. The number of hydrogen-bond donors (Lipinski definition) is 2. The minimum absolute atomic E-state index is 0.00273. The van der Waals surface area contributed by atoms with Crippen LogP contribution in [0.3, 0.4) is 0 Å². The Morgan fingerprint density at radius 3 is 2.47 bits per heavy atom. The molecule has 4 nitrogen and oxygen atoms in total. The molecule has 0 aromatic heterocycles. The van der Waals surface area contributed by atoms with Crippen LogP contribution in [-0.2, 0) is 10.2 Å². The topological polar surface area (TPSA) is 58.6 Å². The summed E-state index contributed by atoms with van der Waals surface area (Å²) in [5.74, 6) is 0.489. The quantitative estimate of drug-likeness (QED) is 0.877. The maximum Gasteiger partial charge on any atom is 0.217 e. The number of benzene rings is 1. The van der Waals surface area contributed by atoms with Gasteiger partial charge in [0.15, 0.2) is 0 Å². The Morgan fingerprint density at radius 1 is 1.42 bits per heavy atom. The summed E-state index contributed by atoms with van der Waals surface area (Å²) in [7, 11) is 1.58. The second kappa shape index (κ2) is 6.06. The molecule has 0 bridgehead atoms. The first-order valence-electron chi connectivity index (χ1n) is 6.36. The van der Waals surface area contributed by atoms with E-state index >= 15 is 0 Å². The fraction of sp³-hybridized carbons (Fsp3) is 0.533. The van der Waals surface area contributed by atoms with Crippen molar-refractivity contribution in [3.63, 3.8) is 0 Å². The lowest BCUT2D eigenvalue weighted by atomic mass is 9.85. The Labute approximate surface area is 114 Å². The van der Waals surface area contributed by atoms with Crippen molar-refractivity contribution in [1.29, 1.82) is 0 Å². The first kappa shape index (κ1) is 15.5. The van der Waals surface area contributed by atoms with E-state index in [1.165, 1.54) is 6.92 Å². The SMILES string of the molecule is COc1ccc(C(C)(C)C)cc1C(CO)NC(C)=O. The maximum absolute atomic E-state index is 11.2. The van der Waals surface area contributed by atoms with Crippen molar-refractivity contribution in [3.8, 4) is 5.75 Å². The smallest absolute Gasteiger partial charge is 0.217 e. The predicted octanol–water partition coefficient (Wildman–Crippen LogP) is 2.16. The highest BCUT2D eigenvalue weighted by Crippen LogP contribution is 2.31. The lowest BCUT2D eigenvalue weighted by Gasteiger charge is -2.24. The van der Waals surface area contributed by atoms with Crippen molar-refractivity contribution < 1.29 is 14.6 Å². The summed E-state index contributed by atoms with van der Waals surface area (Å²) < 4.78 is 5.31. The average Bonchev–Trinajstić information content (AvgIpc) is 2.33. The van der Waals surface area contributed by atoms with Gasteiger partial charge in [0.05, 0.1) is 19.8 Å². The van der Waals surface area contributed by atoms with E-state index in [1.54, 1.807) is 7.11 Å². The van der Waals surface area contributed by atoms with E-state index in [-0.39, 0.29) is 17.9 Å². The highest BCUT2D eigenvalue weighted by Gasteiger charge is 2.21. The Hall–Kier alpha value is -1.55. The molecule has 106 valence electrons. The number of aliphatic hydroxyl groups excluding tert-OH is 1. The van der Waals surface area contributed by atoms with Gasteiger partial charge in [0.25, 0.3) is 0 Å². The van der Waals surface area contributed by atoms with Crippen LogP contribution in [0.1, 0.15) is 44.9 Å². The molecule has 2 N–H and O–H groups in total. The zero-order chi connectivity index (χ0) is 14.6. The third-order valence-electron chi connectivity index (χ3n) is 3.03. The Balaban J connectivity index is 3.24. The summed E-state index contributed by atoms with van der Waals surface area (Å²) in [6.45, 7) is 7.62. The summed E-state index contributed by atoms with van der Waals surface area (Å²) in [5.41, 5.74) is 1.93. The normalized spacial score (nSPS) is 12.9. The minimum atomic E-state index is -0.449. The van der Waals surface area contributed by atoms with Crippen molar-refractivity contribution in [1.82, 2.24) is 5.32 Å². The zero-order valence-electron chi connectivity index (χ0n) is 12.3. The van der Waals surface area contributed by atoms with Crippen LogP contribution in [0.4, 0.5) is 0 Å². The Bertz CT molecular complexity index is 449. The molecule has 1 rings (SSSR count). The molecule has 19 heavy (non-hydrogen) atoms. The standard InChI is InChI=1S/C15H23NO3/c1-10(18)16-13(9-17)12-8-11(15(2,3)4)6-7-14(12)19-5/h6-8,13,17H,9H2,1-5H3,(H,16,18). The third kappa shape index (κ3) is 3.96. The van der Waals surface area contributed by atoms with Crippen molar-refractivity contribution in [2.45, 2.75) is 39.2 Å². The number of carbonyl (C=O) groups excluding carboxylic acids is 1. The molecular weight excluding hydrogens is 242 g/mol. The summed E-state index contributed by atoms with van der Waals surface area (Å²) in [6.07, 6.45) is 0. The number of amides is 1. The summed E-state index contributed by atoms with van der Waals surface area (Å²) in [6, 6.07) is 5.41. The number of nitrogens with one attached hydrogen (secondary N) is 1. The molecule has 1 aromatic rings. The molecule has 4 heteroatoms. The van der Waals surface area contributed by atoms with Crippen LogP contribution in [0.15, 0.2) is 18.2 Å². The second-order valence-corrected chi connectivity index (χ2v) is 5.64. The second-order valence-electron chi connectivity index (χ2n) is 5.64. The van der Waals surface area contributed by atoms with Crippen LogP contribution in [0.25, 0.3) is 0 Å². The molecule has 0 aliphatic rings. The molecule has 0 aliphatic heterocycles. The lowest BCUT2D eigenvalue weighted by Crippen LogP contribution is -2.29. The molecule has 1 aromatic carbocycles. The molecule has 0 fully saturated rings. The van der Waals surface area contributed by atoms with E-state index in [2.05, 4.69) is 26.1 Å². The number of ether oxygens (including phenoxy) is 1. The van der Waals surface area contributed by atoms with E-state index in [4.69, 9.17) is 4.74 Å². The van der Waals surface area contributed by atoms with Gasteiger partial charge in [-0.15, -0.1) is 0 Å². The molecule has 0 saturated carbocycles. The molecule has 0 heterocycles. The van der Waals surface area contributed by atoms with Crippen molar-refractivity contribution in [2.75, 3.05) is 13.7 Å². The number of rotatable bonds is 4. The monoisotopic (exact) mass is 265 g/mol. The van der Waals surface area contributed by atoms with Gasteiger partial charge in [-0.2, -0.15) is 0 Å². The van der Waals surface area contributed by atoms with Crippen LogP contribution in [0.5, 0.6) is 5.75 Å². The van der Waals surface area contributed by atoms with Crippen molar-refractivity contribution in [2.24, 2.45) is 0 Å². The van der Waals surface area contributed by atoms with Crippen LogP contribution in [0, 0.1) is 0 Å². The molecular formula is C15H23NO3. The van der Waals surface area contributed by atoms with Gasteiger partial charge in [0.2, 0.25) is 5.91 Å². The first-order valence-corrected chi connectivity index (χ1v) is 6.36. The van der Waals surface area contributed by atoms with Crippen LogP contribution in [-0.4, -0.2) is 24.7 Å². The fourth-order valence-corrected chi connectivity index (χ4v) is 1.94. The van der Waals surface area contributed by atoms with E-state index < -0.39 is 6.04 Å². The molecule has 1 atom stereocenters. The van der Waals surface area contributed by atoms with Crippen molar-refractivity contribution >= 4 is 5.91 Å². The van der Waals surface area contributed by atoms with Crippen molar-refractivity contribution in [3.05, 3.63) is 29.3 Å². The maximum atomic E-state index is 11.2. The van der Waals surface area contributed by atoms with Gasteiger partial charge in [0.1, 0.15) is 5.75 Å². The molecule has 0 radical (unpaired) electrons. The highest BCUT2D eigenvalue weighted by atomic mass is 16.5. The lowest BCUT2D eigenvalue weighted by molar-refractivity contribution is -0.120. The number of carbonyl (C=O) groups is 1. The van der Waals surface area contributed by atoms with Crippen LogP contribution < -0.4 is 10.1 Å². The van der Waals surface area contributed by atoms with E-state index in [0.29, 0.717) is 5.75 Å². The predicted molar refractivity (Wildman–Crippen MR) is 75.3 cm³/mol. The molecule has 1 amide bonds. The first-order chi connectivity index (χ1) is 8.79. The zero-order valence-corrected chi connectivity index (χ0v) is 12.3. The third-order valence-corrected chi connectivity index (χ3v) is 3.03. The minimum Gasteiger partial charge on any atom is -0.496 e. The van der Waals surface area contributed by atoms with Crippen LogP contribution >= 0.6 is 0 Å². The van der Waals surface area contributed by atoms with E-state index in [9.17, 15) is 9.90 Å². The van der Waals surface area contributed by atoms with Gasteiger partial charge in [-0.25, -0.2) is 0 Å². The summed E-state index contributed by atoms with van der Waals surface area (Å²) in [4.78, 5) is 11.2. The highest BCUT2D eigenvalue weighted by molar-refractivity contribution is 5.73. The molecule has 0 aliphatic carbocycles. The number of methoxy groups -OCH3 is 1. The van der Waals surface area contributed by atoms with Gasteiger partial charge >= 0.3 is 0 Å². The molecule has 0 saturated heterocycles. The van der Waals surface area contributed by atoms with Gasteiger partial charge in [-0.05, 0) is 23.1 Å². The van der Waals surface area contributed by atoms with E-state index in [1.807, 2.05) is 18.2 Å². The summed E-state index contributed by atoms with van der Waals surface area (Å²) >= 11 is 0.